The summed E-state index contributed by atoms with van der Waals surface area (Å²) in [5.74, 6) is -0.302. The van der Waals surface area contributed by atoms with Crippen LogP contribution in [-0.4, -0.2) is 46.2 Å². The Kier molecular flexibility index (Phi) is 6.81. The summed E-state index contributed by atoms with van der Waals surface area (Å²) in [7, 11) is -1.41. The quantitative estimate of drug-likeness (QED) is 0.295. The molecule has 0 fully saturated rings. The van der Waals surface area contributed by atoms with Gasteiger partial charge >= 0.3 is 5.91 Å². The predicted molar refractivity (Wildman–Crippen MR) is 143 cm³/mol. The van der Waals surface area contributed by atoms with Gasteiger partial charge in [-0.25, -0.2) is 27.8 Å². The number of carbonyl (C=O) groups is 1. The molecule has 5 aromatic rings. The molecule has 5 rings (SSSR count). The summed E-state index contributed by atoms with van der Waals surface area (Å²) in [6.45, 7) is 1.91. The molecule has 0 aliphatic heterocycles. The predicted octanol–water partition coefficient (Wildman–Crippen LogP) is 3.90. The number of benzene rings is 2. The number of methoxy groups -OCH3 is 1. The topological polar surface area (TPSA) is 154 Å². The second-order valence-electron chi connectivity index (χ2n) is 8.38. The molecule has 0 bridgehead atoms. The highest BCUT2D eigenvalue weighted by molar-refractivity contribution is 7.92. The van der Waals surface area contributed by atoms with E-state index in [1.165, 1.54) is 30.3 Å². The molecule has 0 saturated carbocycles. The van der Waals surface area contributed by atoms with E-state index in [1.54, 1.807) is 7.05 Å². The Morgan fingerprint density at radius 2 is 1.77 bits per heavy atom. The minimum atomic E-state index is -4.26. The highest BCUT2D eigenvalue weighted by atomic mass is 32.2. The first-order valence-electron chi connectivity index (χ1n) is 11.6. The van der Waals surface area contributed by atoms with Gasteiger partial charge in [0.25, 0.3) is 15.9 Å². The van der Waals surface area contributed by atoms with Gasteiger partial charge in [0.15, 0.2) is 16.5 Å². The number of aromatic nitrogens is 5. The fourth-order valence-electron chi connectivity index (χ4n) is 3.73. The van der Waals surface area contributed by atoms with E-state index in [1.807, 2.05) is 61.5 Å². The second-order valence-corrected chi connectivity index (χ2v) is 10.0. The van der Waals surface area contributed by atoms with E-state index in [9.17, 15) is 13.2 Å². The number of ether oxygens (including phenoxy) is 1. The van der Waals surface area contributed by atoms with Gasteiger partial charge in [-0.05, 0) is 18.6 Å². The average molecular weight is 546 g/mol. The molecule has 0 saturated heterocycles. The van der Waals surface area contributed by atoms with Crippen molar-refractivity contribution in [1.82, 2.24) is 24.7 Å². The van der Waals surface area contributed by atoms with Crippen molar-refractivity contribution >= 4 is 27.6 Å². The van der Waals surface area contributed by atoms with Crippen LogP contribution in [0.25, 0.3) is 22.7 Å². The molecule has 3 aromatic heterocycles. The highest BCUT2D eigenvalue weighted by Gasteiger charge is 2.25. The van der Waals surface area contributed by atoms with Gasteiger partial charge in [0.05, 0.1) is 25.2 Å². The standard InChI is InChI=1S/C26H23N7O5S/c1-16-9-7-8-12-19(16)22-30-26(33(2)31-22)32-39(35,36)21-13-18(14-27-24(21)37-3)29-23(34)25-28-15-20(38-25)17-10-5-4-6-11-17/h4-15H,1-3H3,(H,29,34)(H,30,31,32). The Morgan fingerprint density at radius 1 is 1.03 bits per heavy atom. The van der Waals surface area contributed by atoms with Gasteiger partial charge in [0.2, 0.25) is 11.8 Å². The number of rotatable bonds is 8. The van der Waals surface area contributed by atoms with E-state index in [-0.39, 0.29) is 28.3 Å². The molecule has 0 radical (unpaired) electrons. The largest absolute Gasteiger partial charge is 0.480 e. The van der Waals surface area contributed by atoms with Crippen LogP contribution in [0.15, 0.2) is 82.4 Å². The monoisotopic (exact) mass is 545 g/mol. The highest BCUT2D eigenvalue weighted by Crippen LogP contribution is 2.28. The molecule has 0 unspecified atom stereocenters. The van der Waals surface area contributed by atoms with Crippen LogP contribution in [0.3, 0.4) is 0 Å². The van der Waals surface area contributed by atoms with Gasteiger partial charge in [0.1, 0.15) is 0 Å². The number of hydrogen-bond acceptors (Lipinski definition) is 9. The summed E-state index contributed by atoms with van der Waals surface area (Å²) in [5, 5.41) is 6.89. The molecule has 39 heavy (non-hydrogen) atoms. The number of hydrogen-bond donors (Lipinski definition) is 2. The molecule has 3 heterocycles. The van der Waals surface area contributed by atoms with Crippen LogP contribution >= 0.6 is 0 Å². The number of anilines is 2. The lowest BCUT2D eigenvalue weighted by Gasteiger charge is -2.11. The van der Waals surface area contributed by atoms with Crippen LogP contribution in [0.1, 0.15) is 16.2 Å². The minimum absolute atomic E-state index is 0.0158. The Bertz CT molecular complexity index is 1760. The van der Waals surface area contributed by atoms with Crippen LogP contribution in [-0.2, 0) is 17.1 Å². The lowest BCUT2D eigenvalue weighted by molar-refractivity contribution is 0.0991. The number of sulfonamides is 1. The van der Waals surface area contributed by atoms with Crippen molar-refractivity contribution in [1.29, 1.82) is 0 Å². The SMILES string of the molecule is COc1ncc(NC(=O)c2ncc(-c3ccccc3)o2)cc1S(=O)(=O)Nc1nc(-c2ccccc2C)nn1C. The van der Waals surface area contributed by atoms with Crippen molar-refractivity contribution in [2.24, 2.45) is 7.05 Å². The van der Waals surface area contributed by atoms with Crippen LogP contribution in [0.2, 0.25) is 0 Å². The first kappa shape index (κ1) is 25.6. The molecule has 2 N–H and O–H groups in total. The molecule has 12 nitrogen and oxygen atoms in total. The fourth-order valence-corrected chi connectivity index (χ4v) is 4.91. The molecular formula is C26H23N7O5S. The van der Waals surface area contributed by atoms with E-state index < -0.39 is 15.9 Å². The zero-order valence-corrected chi connectivity index (χ0v) is 21.9. The van der Waals surface area contributed by atoms with Crippen LogP contribution in [0.5, 0.6) is 5.88 Å². The Balaban J connectivity index is 1.39. The molecule has 0 spiro atoms. The van der Waals surface area contributed by atoms with E-state index in [4.69, 9.17) is 9.15 Å². The van der Waals surface area contributed by atoms with Crippen molar-refractivity contribution in [2.75, 3.05) is 17.1 Å². The lowest BCUT2D eigenvalue weighted by atomic mass is 10.1. The number of nitrogens with zero attached hydrogens (tertiary/aromatic N) is 5. The summed E-state index contributed by atoms with van der Waals surface area (Å²) in [6, 6.07) is 17.9. The molecule has 0 aliphatic rings. The molecule has 198 valence electrons. The van der Waals surface area contributed by atoms with E-state index >= 15 is 0 Å². The molecule has 2 aromatic carbocycles. The first-order valence-corrected chi connectivity index (χ1v) is 13.1. The Morgan fingerprint density at radius 3 is 2.51 bits per heavy atom. The Hall–Kier alpha value is -5.04. The van der Waals surface area contributed by atoms with Gasteiger partial charge in [-0.2, -0.15) is 4.98 Å². The van der Waals surface area contributed by atoms with Crippen molar-refractivity contribution < 1.29 is 22.4 Å². The summed E-state index contributed by atoms with van der Waals surface area (Å²) < 4.78 is 41.2. The maximum absolute atomic E-state index is 13.4. The second kappa shape index (κ2) is 10.4. The molecule has 0 atom stereocenters. The number of amides is 1. The van der Waals surface area contributed by atoms with Crippen molar-refractivity contribution in [3.8, 4) is 28.6 Å². The van der Waals surface area contributed by atoms with Gasteiger partial charge in [-0.1, -0.05) is 54.6 Å². The third-order valence-corrected chi connectivity index (χ3v) is 7.01. The number of pyridine rings is 1. The lowest BCUT2D eigenvalue weighted by Crippen LogP contribution is -2.18. The number of nitrogens with one attached hydrogen (secondary N) is 2. The summed E-state index contributed by atoms with van der Waals surface area (Å²) in [6.07, 6.45) is 2.69. The zero-order chi connectivity index (χ0) is 27.6. The maximum atomic E-state index is 13.4. The summed E-state index contributed by atoms with van der Waals surface area (Å²) >= 11 is 0. The third-order valence-electron chi connectivity index (χ3n) is 5.69. The van der Waals surface area contributed by atoms with Crippen molar-refractivity contribution in [3.05, 3.63) is 84.5 Å². The number of carbonyl (C=O) groups excluding carboxylic acids is 1. The van der Waals surface area contributed by atoms with Gasteiger partial charge in [-0.3, -0.25) is 4.79 Å². The normalized spacial score (nSPS) is 11.3. The average Bonchev–Trinajstić information content (AvgIpc) is 3.57. The summed E-state index contributed by atoms with van der Waals surface area (Å²) in [5.41, 5.74) is 2.54. The number of oxazole rings is 1. The van der Waals surface area contributed by atoms with E-state index in [0.717, 1.165) is 16.7 Å². The third kappa shape index (κ3) is 5.33. The summed E-state index contributed by atoms with van der Waals surface area (Å²) in [4.78, 5) is 24.9. The molecular weight excluding hydrogens is 522 g/mol. The van der Waals surface area contributed by atoms with Crippen molar-refractivity contribution in [3.63, 3.8) is 0 Å². The smallest absolute Gasteiger partial charge is 0.311 e. The van der Waals surface area contributed by atoms with Gasteiger partial charge in [-0.15, -0.1) is 5.10 Å². The van der Waals surface area contributed by atoms with Crippen LogP contribution in [0.4, 0.5) is 11.6 Å². The van der Waals surface area contributed by atoms with E-state index in [0.29, 0.717) is 11.6 Å². The van der Waals surface area contributed by atoms with Gasteiger partial charge in [0, 0.05) is 18.2 Å². The van der Waals surface area contributed by atoms with Crippen LogP contribution < -0.4 is 14.8 Å². The van der Waals surface area contributed by atoms with Gasteiger partial charge < -0.3 is 14.5 Å². The van der Waals surface area contributed by atoms with Crippen LogP contribution in [0, 0.1) is 6.92 Å². The zero-order valence-electron chi connectivity index (χ0n) is 21.1. The Labute approximate surface area is 223 Å². The molecule has 1 amide bonds. The van der Waals surface area contributed by atoms with E-state index in [2.05, 4.69) is 30.1 Å². The fraction of sp³-hybridized carbons (Fsp3) is 0.115. The number of aryl methyl sites for hydroxylation is 2. The van der Waals surface area contributed by atoms with Crippen molar-refractivity contribution in [2.45, 2.75) is 11.8 Å². The maximum Gasteiger partial charge on any atom is 0.311 e. The molecule has 13 heteroatoms. The molecule has 0 aliphatic carbocycles. The first-order chi connectivity index (χ1) is 18.7. The minimum Gasteiger partial charge on any atom is -0.480 e.